The molecule has 112 valence electrons. The highest BCUT2D eigenvalue weighted by molar-refractivity contribution is 5.75. The Balaban J connectivity index is 2.16. The van der Waals surface area contributed by atoms with Crippen LogP contribution in [0.1, 0.15) is 33.1 Å². The summed E-state index contributed by atoms with van der Waals surface area (Å²) >= 11 is 0. The van der Waals surface area contributed by atoms with Crippen LogP contribution in [0.4, 0.5) is 0 Å². The van der Waals surface area contributed by atoms with Crippen LogP contribution in [-0.2, 0) is 19.0 Å². The third-order valence-corrected chi connectivity index (χ3v) is 3.14. The van der Waals surface area contributed by atoms with Crippen LogP contribution in [0.2, 0.25) is 0 Å². The maximum atomic E-state index is 11.7. The highest BCUT2D eigenvalue weighted by Gasteiger charge is 2.19. The van der Waals surface area contributed by atoms with E-state index in [1.165, 1.54) is 0 Å². The number of esters is 1. The highest BCUT2D eigenvalue weighted by atomic mass is 16.5. The van der Waals surface area contributed by atoms with Crippen molar-refractivity contribution in [2.45, 2.75) is 39.2 Å². The molecular weight excluding hydrogens is 246 g/mol. The summed E-state index contributed by atoms with van der Waals surface area (Å²) in [6.07, 6.45) is 2.73. The van der Waals surface area contributed by atoms with Gasteiger partial charge >= 0.3 is 5.97 Å². The molecule has 1 aliphatic rings. The molecule has 0 saturated carbocycles. The SMILES string of the molecule is CCCNC(CCOCC1CCOC1)C(=O)OCC. The monoisotopic (exact) mass is 273 g/mol. The van der Waals surface area contributed by atoms with Gasteiger partial charge in [0.25, 0.3) is 0 Å². The van der Waals surface area contributed by atoms with Gasteiger partial charge in [-0.05, 0) is 32.7 Å². The Morgan fingerprint density at radius 1 is 1.47 bits per heavy atom. The van der Waals surface area contributed by atoms with Gasteiger partial charge in [-0.3, -0.25) is 4.79 Å². The highest BCUT2D eigenvalue weighted by Crippen LogP contribution is 2.12. The van der Waals surface area contributed by atoms with E-state index in [0.29, 0.717) is 25.6 Å². The average molecular weight is 273 g/mol. The summed E-state index contributed by atoms with van der Waals surface area (Å²) < 4.78 is 16.0. The third kappa shape index (κ3) is 6.89. The Bertz CT molecular complexity index is 242. The molecule has 0 spiro atoms. The standard InChI is InChI=1S/C14H27NO4/c1-3-7-15-13(14(16)19-4-2)6-9-18-11-12-5-8-17-10-12/h12-13,15H,3-11H2,1-2H3. The first-order chi connectivity index (χ1) is 9.27. The lowest BCUT2D eigenvalue weighted by Gasteiger charge is -2.17. The van der Waals surface area contributed by atoms with Crippen molar-refractivity contribution in [3.63, 3.8) is 0 Å². The molecule has 2 atom stereocenters. The number of carbonyl (C=O) groups is 1. The number of ether oxygens (including phenoxy) is 3. The van der Waals surface area contributed by atoms with Crippen molar-refractivity contribution in [2.24, 2.45) is 5.92 Å². The Hall–Kier alpha value is -0.650. The number of nitrogens with one attached hydrogen (secondary N) is 1. The van der Waals surface area contributed by atoms with Gasteiger partial charge in [-0.1, -0.05) is 6.92 Å². The number of carbonyl (C=O) groups excluding carboxylic acids is 1. The van der Waals surface area contributed by atoms with Gasteiger partial charge in [-0.2, -0.15) is 0 Å². The molecular formula is C14H27NO4. The Labute approximate surface area is 116 Å². The molecule has 5 nitrogen and oxygen atoms in total. The van der Waals surface area contributed by atoms with Crippen molar-refractivity contribution in [3.8, 4) is 0 Å². The van der Waals surface area contributed by atoms with E-state index >= 15 is 0 Å². The summed E-state index contributed by atoms with van der Waals surface area (Å²) in [5, 5.41) is 3.20. The minimum Gasteiger partial charge on any atom is -0.465 e. The molecule has 0 radical (unpaired) electrons. The molecule has 0 bridgehead atoms. The molecule has 19 heavy (non-hydrogen) atoms. The van der Waals surface area contributed by atoms with Gasteiger partial charge in [0.15, 0.2) is 0 Å². The maximum absolute atomic E-state index is 11.7. The summed E-state index contributed by atoms with van der Waals surface area (Å²) in [7, 11) is 0. The molecule has 1 heterocycles. The predicted octanol–water partition coefficient (Wildman–Crippen LogP) is 1.36. The Morgan fingerprint density at radius 3 is 2.95 bits per heavy atom. The van der Waals surface area contributed by atoms with Crippen molar-refractivity contribution in [1.82, 2.24) is 5.32 Å². The van der Waals surface area contributed by atoms with E-state index in [-0.39, 0.29) is 12.0 Å². The molecule has 5 heteroatoms. The zero-order chi connectivity index (χ0) is 13.9. The molecule has 1 aliphatic heterocycles. The summed E-state index contributed by atoms with van der Waals surface area (Å²) in [5.74, 6) is 0.341. The largest absolute Gasteiger partial charge is 0.465 e. The van der Waals surface area contributed by atoms with Crippen LogP contribution in [0.15, 0.2) is 0 Å². The van der Waals surface area contributed by atoms with Crippen LogP contribution in [0, 0.1) is 5.92 Å². The van der Waals surface area contributed by atoms with Gasteiger partial charge in [0.1, 0.15) is 6.04 Å². The molecule has 0 aliphatic carbocycles. The minimum atomic E-state index is -0.250. The molecule has 1 rings (SSSR count). The smallest absolute Gasteiger partial charge is 0.323 e. The van der Waals surface area contributed by atoms with Crippen LogP contribution in [0.5, 0.6) is 0 Å². The van der Waals surface area contributed by atoms with Crippen molar-refractivity contribution in [3.05, 3.63) is 0 Å². The first-order valence-electron chi connectivity index (χ1n) is 7.33. The van der Waals surface area contributed by atoms with Gasteiger partial charge in [0.05, 0.1) is 19.8 Å². The Kier molecular flexibility index (Phi) is 8.79. The van der Waals surface area contributed by atoms with Gasteiger partial charge < -0.3 is 19.5 Å². The topological polar surface area (TPSA) is 56.8 Å². The van der Waals surface area contributed by atoms with Crippen LogP contribution >= 0.6 is 0 Å². The third-order valence-electron chi connectivity index (χ3n) is 3.14. The van der Waals surface area contributed by atoms with E-state index in [4.69, 9.17) is 14.2 Å². The van der Waals surface area contributed by atoms with E-state index in [1.54, 1.807) is 0 Å². The second-order valence-corrected chi connectivity index (χ2v) is 4.85. The zero-order valence-electron chi connectivity index (χ0n) is 12.2. The van der Waals surface area contributed by atoms with E-state index in [0.717, 1.165) is 39.2 Å². The minimum absolute atomic E-state index is 0.177. The summed E-state index contributed by atoms with van der Waals surface area (Å²) in [4.78, 5) is 11.7. The first-order valence-corrected chi connectivity index (χ1v) is 7.33. The van der Waals surface area contributed by atoms with Crippen LogP contribution < -0.4 is 5.32 Å². The number of rotatable bonds is 10. The van der Waals surface area contributed by atoms with Crippen molar-refractivity contribution in [2.75, 3.05) is 39.6 Å². The lowest BCUT2D eigenvalue weighted by Crippen LogP contribution is -2.39. The summed E-state index contributed by atoms with van der Waals surface area (Å²) in [5.41, 5.74) is 0. The fourth-order valence-electron chi connectivity index (χ4n) is 2.03. The molecule has 0 aromatic rings. The molecule has 1 saturated heterocycles. The van der Waals surface area contributed by atoms with Gasteiger partial charge in [-0.15, -0.1) is 0 Å². The Morgan fingerprint density at radius 2 is 2.32 bits per heavy atom. The molecule has 1 fully saturated rings. The van der Waals surface area contributed by atoms with Crippen LogP contribution in [-0.4, -0.2) is 51.6 Å². The number of hydrogen-bond acceptors (Lipinski definition) is 5. The molecule has 0 amide bonds. The first kappa shape index (κ1) is 16.4. The lowest BCUT2D eigenvalue weighted by atomic mass is 10.1. The zero-order valence-corrected chi connectivity index (χ0v) is 12.2. The molecule has 0 aromatic heterocycles. The quantitative estimate of drug-likeness (QED) is 0.481. The summed E-state index contributed by atoms with van der Waals surface area (Å²) in [6, 6.07) is -0.250. The fourth-order valence-corrected chi connectivity index (χ4v) is 2.03. The fraction of sp³-hybridized carbons (Fsp3) is 0.929. The number of hydrogen-bond donors (Lipinski definition) is 1. The van der Waals surface area contributed by atoms with Gasteiger partial charge in [0.2, 0.25) is 0 Å². The molecule has 0 aromatic carbocycles. The summed E-state index contributed by atoms with van der Waals surface area (Å²) in [6.45, 7) is 8.09. The molecule has 2 unspecified atom stereocenters. The van der Waals surface area contributed by atoms with Gasteiger partial charge in [0, 0.05) is 19.1 Å². The van der Waals surface area contributed by atoms with Crippen LogP contribution in [0.3, 0.4) is 0 Å². The van der Waals surface area contributed by atoms with Crippen molar-refractivity contribution < 1.29 is 19.0 Å². The second kappa shape index (κ2) is 10.2. The predicted molar refractivity (Wildman–Crippen MR) is 73.1 cm³/mol. The maximum Gasteiger partial charge on any atom is 0.323 e. The van der Waals surface area contributed by atoms with E-state index in [1.807, 2.05) is 6.92 Å². The van der Waals surface area contributed by atoms with Gasteiger partial charge in [-0.25, -0.2) is 0 Å². The van der Waals surface area contributed by atoms with Crippen LogP contribution in [0.25, 0.3) is 0 Å². The van der Waals surface area contributed by atoms with E-state index in [2.05, 4.69) is 12.2 Å². The normalized spacial score (nSPS) is 20.4. The lowest BCUT2D eigenvalue weighted by molar-refractivity contribution is -0.146. The molecule has 1 N–H and O–H groups in total. The van der Waals surface area contributed by atoms with E-state index < -0.39 is 0 Å². The van der Waals surface area contributed by atoms with Crippen molar-refractivity contribution >= 4 is 5.97 Å². The van der Waals surface area contributed by atoms with E-state index in [9.17, 15) is 4.79 Å². The second-order valence-electron chi connectivity index (χ2n) is 4.85. The van der Waals surface area contributed by atoms with Crippen molar-refractivity contribution in [1.29, 1.82) is 0 Å². The average Bonchev–Trinajstić information content (AvgIpc) is 2.91.